The highest BCUT2D eigenvalue weighted by Crippen LogP contribution is 2.14. The largest absolute Gasteiger partial charge is 0.508 e. The molecule has 9 amide bonds. The summed E-state index contributed by atoms with van der Waals surface area (Å²) in [5.41, 5.74) is 23.3. The van der Waals surface area contributed by atoms with E-state index in [0.29, 0.717) is 16.7 Å². The predicted octanol–water partition coefficient (Wildman–Crippen LogP) is -4.62. The van der Waals surface area contributed by atoms with Gasteiger partial charge in [0, 0.05) is 32.2 Å². The summed E-state index contributed by atoms with van der Waals surface area (Å²) in [6.45, 7) is 2.17. The van der Waals surface area contributed by atoms with Gasteiger partial charge in [0.05, 0.1) is 25.0 Å². The van der Waals surface area contributed by atoms with Crippen LogP contribution in [0, 0.1) is 0 Å². The highest BCUT2D eigenvalue weighted by molar-refractivity contribution is 5.99. The van der Waals surface area contributed by atoms with Crippen molar-refractivity contribution in [2.45, 2.75) is 132 Å². The maximum absolute atomic E-state index is 14.0. The van der Waals surface area contributed by atoms with Crippen LogP contribution < -0.4 is 65.5 Å². The molecule has 0 bridgehead atoms. The number of aromatic hydroxyl groups is 1. The Balaban J connectivity index is 1.87. The topological polar surface area (TPSA) is 519 Å². The fourth-order valence-corrected chi connectivity index (χ4v) is 7.88. The molecule has 0 heterocycles. The lowest BCUT2D eigenvalue weighted by Crippen LogP contribution is -2.62. The molecule has 0 fully saturated rings. The van der Waals surface area contributed by atoms with E-state index in [1.165, 1.54) is 31.2 Å². The minimum Gasteiger partial charge on any atom is -0.508 e. The lowest BCUT2D eigenvalue weighted by molar-refractivity contribution is -0.143. The molecule has 30 heteroatoms. The van der Waals surface area contributed by atoms with Gasteiger partial charge >= 0.3 is 17.9 Å². The molecule has 0 unspecified atom stereocenters. The van der Waals surface area contributed by atoms with Gasteiger partial charge in [0.1, 0.15) is 54.1 Å². The number of aliphatic hydroxyl groups is 1. The van der Waals surface area contributed by atoms with Crippen LogP contribution in [0.5, 0.6) is 5.75 Å². The monoisotopic (exact) mass is 1160 g/mol. The fourth-order valence-electron chi connectivity index (χ4n) is 7.88. The second-order valence-corrected chi connectivity index (χ2v) is 19.2. The van der Waals surface area contributed by atoms with E-state index in [1.807, 2.05) is 0 Å². The van der Waals surface area contributed by atoms with Crippen LogP contribution in [-0.4, -0.2) is 170 Å². The number of carbonyl (C=O) groups is 12. The third-order valence-corrected chi connectivity index (χ3v) is 12.3. The van der Waals surface area contributed by atoms with Crippen LogP contribution in [-0.2, 0) is 76.8 Å². The predicted molar refractivity (Wildman–Crippen MR) is 293 cm³/mol. The Morgan fingerprint density at radius 3 is 1.42 bits per heavy atom. The van der Waals surface area contributed by atoms with E-state index in [0.717, 1.165) is 6.92 Å². The fraction of sp³-hybridized carbons (Fsp3) is 0.415. The molecule has 0 aromatic heterocycles. The lowest BCUT2D eigenvalue weighted by Gasteiger charge is -2.28. The molecule has 21 N–H and O–H groups in total. The average Bonchev–Trinajstić information content (AvgIpc) is 3.61. The van der Waals surface area contributed by atoms with E-state index >= 15 is 0 Å². The van der Waals surface area contributed by atoms with Gasteiger partial charge in [-0.05, 0) is 61.9 Å². The van der Waals surface area contributed by atoms with Crippen molar-refractivity contribution in [3.8, 4) is 5.75 Å². The molecule has 0 aliphatic carbocycles. The average molecular weight is 1160 g/mol. The number of guanidine groups is 1. The molecule has 0 saturated carbocycles. The number of phenols is 1. The van der Waals surface area contributed by atoms with Crippen molar-refractivity contribution in [3.05, 3.63) is 102 Å². The van der Waals surface area contributed by atoms with Gasteiger partial charge in [0.2, 0.25) is 53.2 Å². The zero-order chi connectivity index (χ0) is 61.9. The maximum Gasteiger partial charge on any atom is 0.326 e. The minimum absolute atomic E-state index is 0.00779. The number of aliphatic carboxylic acids is 3. The van der Waals surface area contributed by atoms with Gasteiger partial charge in [0.15, 0.2) is 5.96 Å². The van der Waals surface area contributed by atoms with Gasteiger partial charge in [-0.2, -0.15) is 0 Å². The number of primary amides is 1. The Kier molecular flexibility index (Phi) is 27.5. The van der Waals surface area contributed by atoms with Crippen LogP contribution in [0.15, 0.2) is 89.9 Å². The molecule has 3 rings (SSSR count). The molecule has 10 atom stereocenters. The Bertz CT molecular complexity index is 2780. The number of nitrogens with zero attached hydrogens (tertiary/aromatic N) is 1. The van der Waals surface area contributed by atoms with Crippen molar-refractivity contribution < 1.29 is 83.1 Å². The first-order valence-corrected chi connectivity index (χ1v) is 25.9. The van der Waals surface area contributed by atoms with Crippen molar-refractivity contribution in [2.24, 2.45) is 27.9 Å². The van der Waals surface area contributed by atoms with Crippen molar-refractivity contribution in [3.63, 3.8) is 0 Å². The van der Waals surface area contributed by atoms with E-state index in [1.54, 1.807) is 60.7 Å². The highest BCUT2D eigenvalue weighted by atomic mass is 16.4. The number of carboxylic acids is 3. The number of hydrogen-bond donors (Lipinski definition) is 17. The summed E-state index contributed by atoms with van der Waals surface area (Å²) in [7, 11) is 0. The number of nitrogens with one attached hydrogen (secondary N) is 8. The van der Waals surface area contributed by atoms with Crippen molar-refractivity contribution in [1.82, 2.24) is 42.5 Å². The van der Waals surface area contributed by atoms with Crippen molar-refractivity contribution in [1.29, 1.82) is 0 Å². The van der Waals surface area contributed by atoms with Crippen LogP contribution in [0.2, 0.25) is 0 Å². The van der Waals surface area contributed by atoms with E-state index in [9.17, 15) is 83.1 Å². The van der Waals surface area contributed by atoms with Crippen LogP contribution >= 0.6 is 0 Å². The SMILES string of the molecule is C[C@H](NC(=O)[C@H](Cc1ccc(O)cc1)NC(=O)[C@@H](N)CC(N)=O)C(=O)N[C@@H](CCCN=C(N)N)C(=O)N[C@H](C(=O)N[C@@H](CCC(=O)O)C(=O)N[C@@H](CC(=O)O)C(=O)N[C@@H](Cc1ccccc1)C(=O)N[C@@H](Cc1ccccc1)C(=O)O)[C@@H](C)O. The zero-order valence-corrected chi connectivity index (χ0v) is 45.3. The summed E-state index contributed by atoms with van der Waals surface area (Å²) in [4.78, 5) is 162. The Morgan fingerprint density at radius 2 is 0.916 bits per heavy atom. The van der Waals surface area contributed by atoms with E-state index < -0.39 is 157 Å². The summed E-state index contributed by atoms with van der Waals surface area (Å²) in [5.74, 6) is -14.9. The first-order chi connectivity index (χ1) is 39.1. The highest BCUT2D eigenvalue weighted by Gasteiger charge is 2.37. The van der Waals surface area contributed by atoms with Gasteiger partial charge in [-0.25, -0.2) is 4.79 Å². The number of benzene rings is 3. The van der Waals surface area contributed by atoms with Crippen LogP contribution in [0.3, 0.4) is 0 Å². The molecule has 0 saturated heterocycles. The number of carbonyl (C=O) groups excluding carboxylic acids is 9. The van der Waals surface area contributed by atoms with E-state index in [2.05, 4.69) is 47.5 Å². The van der Waals surface area contributed by atoms with Crippen molar-refractivity contribution in [2.75, 3.05) is 6.54 Å². The first kappa shape index (κ1) is 67.6. The number of aliphatic hydroxyl groups excluding tert-OH is 1. The first-order valence-electron chi connectivity index (χ1n) is 25.9. The number of aliphatic imine (C=N–C) groups is 1. The Labute approximate surface area is 475 Å². The van der Waals surface area contributed by atoms with E-state index in [-0.39, 0.29) is 50.4 Å². The molecule has 0 radical (unpaired) electrons. The number of amides is 9. The summed E-state index contributed by atoms with van der Waals surface area (Å²) < 4.78 is 0. The second-order valence-electron chi connectivity index (χ2n) is 19.2. The van der Waals surface area contributed by atoms with Gasteiger partial charge in [-0.1, -0.05) is 72.8 Å². The smallest absolute Gasteiger partial charge is 0.326 e. The van der Waals surface area contributed by atoms with Crippen LogP contribution in [0.4, 0.5) is 0 Å². The zero-order valence-electron chi connectivity index (χ0n) is 45.3. The van der Waals surface area contributed by atoms with Gasteiger partial charge in [-0.3, -0.25) is 57.7 Å². The van der Waals surface area contributed by atoms with Crippen LogP contribution in [0.25, 0.3) is 0 Å². The molecule has 0 spiro atoms. The summed E-state index contributed by atoms with van der Waals surface area (Å²) in [6.07, 6.45) is -5.97. The number of nitrogens with two attached hydrogens (primary N) is 4. The summed E-state index contributed by atoms with van der Waals surface area (Å²) in [6, 6.07) is 6.88. The molecule has 3 aromatic carbocycles. The van der Waals surface area contributed by atoms with E-state index in [4.69, 9.17) is 22.9 Å². The van der Waals surface area contributed by atoms with Gasteiger partial charge in [0.25, 0.3) is 0 Å². The second kappa shape index (κ2) is 33.8. The molecular weight excluding hydrogens is 1090 g/mol. The van der Waals surface area contributed by atoms with Crippen molar-refractivity contribution >= 4 is 77.0 Å². The minimum atomic E-state index is -2.03. The summed E-state index contributed by atoms with van der Waals surface area (Å²) >= 11 is 0. The number of carboxylic acid groups (broad SMARTS) is 3. The number of phenolic OH excluding ortho intramolecular Hbond substituents is 1. The molecule has 0 aliphatic heterocycles. The molecule has 3 aromatic rings. The quantitative estimate of drug-likeness (QED) is 0.0150. The number of hydrogen-bond acceptors (Lipinski definition) is 16. The number of rotatable bonds is 35. The maximum atomic E-state index is 14.0. The van der Waals surface area contributed by atoms with Gasteiger partial charge < -0.3 is 91.0 Å². The Morgan fingerprint density at radius 1 is 0.482 bits per heavy atom. The molecule has 0 aliphatic rings. The molecule has 30 nitrogen and oxygen atoms in total. The lowest BCUT2D eigenvalue weighted by atomic mass is 10.0. The van der Waals surface area contributed by atoms with Crippen LogP contribution in [0.1, 0.15) is 69.1 Å². The third-order valence-electron chi connectivity index (χ3n) is 12.3. The molecule has 450 valence electrons. The normalized spacial score (nSPS) is 14.5. The standard InChI is InChI=1S/C53H71N13O17/c1-27(59-48(78)36(23-31-15-17-32(68)18-16-31)62-45(75)33(54)25-40(55)69)44(74)60-34(14-9-21-58-53(56)57)47(77)66-43(28(2)67)51(81)61-35(19-20-41(70)71)46(76)64-38(26-42(72)73)50(80)63-37(22-29-10-5-3-6-11-29)49(79)65-39(52(82)83)24-30-12-7-4-8-13-30/h3-8,10-13,15-18,27-28,33-39,43,67-68H,9,14,19-26,54H2,1-2H3,(H2,55,69)(H,59,78)(H,60,74)(H,61,81)(H,62,75)(H,63,80)(H,64,76)(H,65,79)(H,66,77)(H,70,71)(H,72,73)(H,82,83)(H4,56,57,58)/t27-,28+,33-,34-,35-,36-,37-,38-,39-,43-/m0/s1. The summed E-state index contributed by atoms with van der Waals surface area (Å²) in [5, 5.41) is 68.6. The Hall–Kier alpha value is -9.71. The molecular formula is C53H71N13O17. The molecule has 83 heavy (non-hydrogen) atoms. The third kappa shape index (κ3) is 24.7. The van der Waals surface area contributed by atoms with Gasteiger partial charge in [-0.15, -0.1) is 0 Å².